The second kappa shape index (κ2) is 7.10. The molecule has 0 radical (unpaired) electrons. The first kappa shape index (κ1) is 19.0. The van der Waals surface area contributed by atoms with Gasteiger partial charge in [0.15, 0.2) is 0 Å². The van der Waals surface area contributed by atoms with E-state index in [4.69, 9.17) is 23.2 Å². The van der Waals surface area contributed by atoms with Crippen LogP contribution >= 0.6 is 23.2 Å². The summed E-state index contributed by atoms with van der Waals surface area (Å²) in [6.07, 6.45) is 1.19. The fraction of sp³-hybridized carbons (Fsp3) is 0.278. The molecule has 0 spiro atoms. The maximum atomic E-state index is 12.9. The number of fused-ring (bicyclic) bond motifs is 1. The first-order valence-corrected chi connectivity index (χ1v) is 10.6. The van der Waals surface area contributed by atoms with E-state index < -0.39 is 10.0 Å². The number of halogens is 2. The molecule has 1 aliphatic rings. The molecule has 1 N–H and O–H groups in total. The molecule has 1 amide bonds. The lowest BCUT2D eigenvalue weighted by Crippen LogP contribution is -2.29. The Balaban J connectivity index is 1.87. The number of rotatable bonds is 4. The standard InChI is InChI=1S/C18H18Cl2N2O3S/c1-11-12-5-3-8-17(21-26(2,24)25)14(12)10-22(11)18(23)9-13-15(19)6-4-7-16(13)20/h3-8,11,21H,9-10H2,1-2H3/t11-/m0/s1. The van der Waals surface area contributed by atoms with Crippen molar-refractivity contribution in [1.29, 1.82) is 0 Å². The summed E-state index contributed by atoms with van der Waals surface area (Å²) in [4.78, 5) is 14.6. The molecule has 0 unspecified atom stereocenters. The number of sulfonamides is 1. The van der Waals surface area contributed by atoms with Gasteiger partial charge >= 0.3 is 0 Å². The number of nitrogens with one attached hydrogen (secondary N) is 1. The first-order valence-electron chi connectivity index (χ1n) is 7.99. The van der Waals surface area contributed by atoms with E-state index in [1.807, 2.05) is 13.0 Å². The Bertz CT molecular complexity index is 956. The molecule has 3 rings (SSSR count). The van der Waals surface area contributed by atoms with E-state index in [1.54, 1.807) is 35.2 Å². The zero-order valence-electron chi connectivity index (χ0n) is 14.3. The van der Waals surface area contributed by atoms with Crippen molar-refractivity contribution in [2.24, 2.45) is 0 Å². The zero-order chi connectivity index (χ0) is 19.1. The van der Waals surface area contributed by atoms with E-state index in [-0.39, 0.29) is 18.4 Å². The minimum Gasteiger partial charge on any atom is -0.331 e. The highest BCUT2D eigenvalue weighted by molar-refractivity contribution is 7.92. The van der Waals surface area contributed by atoms with E-state index in [0.29, 0.717) is 27.8 Å². The zero-order valence-corrected chi connectivity index (χ0v) is 16.6. The lowest BCUT2D eigenvalue weighted by Gasteiger charge is -2.22. The number of carbonyl (C=O) groups excluding carboxylic acids is 1. The quantitative estimate of drug-likeness (QED) is 0.824. The second-order valence-corrected chi connectivity index (χ2v) is 8.89. The highest BCUT2D eigenvalue weighted by Gasteiger charge is 2.32. The second-order valence-electron chi connectivity index (χ2n) is 6.32. The van der Waals surface area contributed by atoms with Gasteiger partial charge in [-0.25, -0.2) is 8.42 Å². The molecule has 2 aromatic carbocycles. The number of benzene rings is 2. The number of anilines is 1. The molecule has 0 fully saturated rings. The SMILES string of the molecule is C[C@H]1c2cccc(NS(C)(=O)=O)c2CN1C(=O)Cc1c(Cl)cccc1Cl. The summed E-state index contributed by atoms with van der Waals surface area (Å²) in [5, 5.41) is 0.907. The average Bonchev–Trinajstić information content (AvgIpc) is 2.88. The van der Waals surface area contributed by atoms with Gasteiger partial charge in [0.1, 0.15) is 0 Å². The van der Waals surface area contributed by atoms with Gasteiger partial charge in [-0.15, -0.1) is 0 Å². The molecule has 1 heterocycles. The van der Waals surface area contributed by atoms with Crippen LogP contribution in [0, 0.1) is 0 Å². The minimum absolute atomic E-state index is 0.0890. The summed E-state index contributed by atoms with van der Waals surface area (Å²) >= 11 is 12.3. The van der Waals surface area contributed by atoms with E-state index >= 15 is 0 Å². The van der Waals surface area contributed by atoms with E-state index in [9.17, 15) is 13.2 Å². The lowest BCUT2D eigenvalue weighted by atomic mass is 10.0. The van der Waals surface area contributed by atoms with Crippen molar-refractivity contribution in [1.82, 2.24) is 4.90 Å². The molecule has 1 atom stereocenters. The van der Waals surface area contributed by atoms with Crippen LogP contribution in [0.4, 0.5) is 5.69 Å². The minimum atomic E-state index is -3.40. The van der Waals surface area contributed by atoms with Gasteiger partial charge in [0.05, 0.1) is 24.4 Å². The van der Waals surface area contributed by atoms with Gasteiger partial charge in [-0.3, -0.25) is 9.52 Å². The van der Waals surface area contributed by atoms with Crippen LogP contribution in [0.5, 0.6) is 0 Å². The van der Waals surface area contributed by atoms with E-state index in [2.05, 4.69) is 4.72 Å². The number of carbonyl (C=O) groups is 1. The fourth-order valence-corrected chi connectivity index (χ4v) is 4.32. The van der Waals surface area contributed by atoms with Crippen molar-refractivity contribution >= 4 is 44.8 Å². The van der Waals surface area contributed by atoms with Gasteiger partial charge in [0, 0.05) is 22.2 Å². The van der Waals surface area contributed by atoms with Crippen molar-refractivity contribution in [2.45, 2.75) is 25.9 Å². The molecular weight excluding hydrogens is 395 g/mol. The van der Waals surface area contributed by atoms with Crippen molar-refractivity contribution in [3.8, 4) is 0 Å². The molecule has 0 bridgehead atoms. The average molecular weight is 413 g/mol. The van der Waals surface area contributed by atoms with E-state index in [1.165, 1.54) is 0 Å². The maximum Gasteiger partial charge on any atom is 0.229 e. The third-order valence-electron chi connectivity index (χ3n) is 4.46. The van der Waals surface area contributed by atoms with Crippen molar-refractivity contribution in [2.75, 3.05) is 11.0 Å². The van der Waals surface area contributed by atoms with Crippen molar-refractivity contribution in [3.63, 3.8) is 0 Å². The van der Waals surface area contributed by atoms with Crippen LogP contribution in [-0.2, 0) is 27.8 Å². The van der Waals surface area contributed by atoms with Crippen LogP contribution in [0.3, 0.4) is 0 Å². The molecule has 26 heavy (non-hydrogen) atoms. The van der Waals surface area contributed by atoms with Crippen LogP contribution in [0.15, 0.2) is 36.4 Å². The van der Waals surface area contributed by atoms with Crippen LogP contribution < -0.4 is 4.72 Å². The molecule has 0 aliphatic carbocycles. The van der Waals surface area contributed by atoms with Gasteiger partial charge < -0.3 is 4.90 Å². The predicted octanol–water partition coefficient (Wildman–Crippen LogP) is 4.01. The highest BCUT2D eigenvalue weighted by atomic mass is 35.5. The number of hydrogen-bond acceptors (Lipinski definition) is 3. The van der Waals surface area contributed by atoms with Gasteiger partial charge in [0.2, 0.25) is 15.9 Å². The summed E-state index contributed by atoms with van der Waals surface area (Å²) < 4.78 is 25.7. The van der Waals surface area contributed by atoms with Crippen molar-refractivity contribution < 1.29 is 13.2 Å². The molecule has 0 saturated heterocycles. The van der Waals surface area contributed by atoms with Crippen LogP contribution in [0.1, 0.15) is 29.7 Å². The van der Waals surface area contributed by atoms with Crippen LogP contribution in [0.25, 0.3) is 0 Å². The largest absolute Gasteiger partial charge is 0.331 e. The van der Waals surface area contributed by atoms with Gasteiger partial charge in [-0.1, -0.05) is 41.4 Å². The Morgan fingerprint density at radius 1 is 1.19 bits per heavy atom. The monoisotopic (exact) mass is 412 g/mol. The van der Waals surface area contributed by atoms with Crippen molar-refractivity contribution in [3.05, 3.63) is 63.1 Å². The fourth-order valence-electron chi connectivity index (χ4n) is 3.20. The maximum absolute atomic E-state index is 12.9. The number of nitrogens with zero attached hydrogens (tertiary/aromatic N) is 1. The normalized spacial score (nSPS) is 16.5. The van der Waals surface area contributed by atoms with Gasteiger partial charge in [-0.05, 0) is 36.2 Å². The first-order chi connectivity index (χ1) is 12.2. The summed E-state index contributed by atoms with van der Waals surface area (Å²) in [6, 6.07) is 10.4. The Labute approximate surface area is 163 Å². The van der Waals surface area contributed by atoms with Gasteiger partial charge in [0.25, 0.3) is 0 Å². The predicted molar refractivity (Wildman–Crippen MR) is 104 cm³/mol. The molecule has 2 aromatic rings. The van der Waals surface area contributed by atoms with Crippen LogP contribution in [-0.4, -0.2) is 25.5 Å². The molecule has 5 nitrogen and oxygen atoms in total. The van der Waals surface area contributed by atoms with E-state index in [0.717, 1.165) is 17.4 Å². The topological polar surface area (TPSA) is 66.5 Å². The Morgan fingerprint density at radius 2 is 1.81 bits per heavy atom. The Hall–Kier alpha value is -1.76. The summed E-state index contributed by atoms with van der Waals surface area (Å²) in [6.45, 7) is 2.25. The van der Waals surface area contributed by atoms with Crippen LogP contribution in [0.2, 0.25) is 10.0 Å². The smallest absolute Gasteiger partial charge is 0.229 e. The molecule has 0 aromatic heterocycles. The molecular formula is C18H18Cl2N2O3S. The summed E-state index contributed by atoms with van der Waals surface area (Å²) in [5.41, 5.74) is 2.84. The molecule has 138 valence electrons. The Kier molecular flexibility index (Phi) is 5.19. The van der Waals surface area contributed by atoms with Gasteiger partial charge in [-0.2, -0.15) is 0 Å². The lowest BCUT2D eigenvalue weighted by molar-refractivity contribution is -0.132. The Morgan fingerprint density at radius 3 is 2.42 bits per heavy atom. The third kappa shape index (κ3) is 3.82. The molecule has 1 aliphatic heterocycles. The summed E-state index contributed by atoms with van der Waals surface area (Å²) in [7, 11) is -3.40. The number of amides is 1. The molecule has 0 saturated carbocycles. The third-order valence-corrected chi connectivity index (χ3v) is 5.76. The molecule has 8 heteroatoms. The summed E-state index contributed by atoms with van der Waals surface area (Å²) in [5.74, 6) is -0.117. The highest BCUT2D eigenvalue weighted by Crippen LogP contribution is 2.38. The number of hydrogen-bond donors (Lipinski definition) is 1.